The zero-order chi connectivity index (χ0) is 6.83. The van der Waals surface area contributed by atoms with E-state index in [0.29, 0.717) is 0 Å². The van der Waals surface area contributed by atoms with Crippen molar-refractivity contribution in [1.29, 1.82) is 0 Å². The van der Waals surface area contributed by atoms with Gasteiger partial charge in [-0.05, 0) is 13.8 Å². The molecule has 0 spiro atoms. The Hall–Kier alpha value is -0.0400. The fourth-order valence-corrected chi connectivity index (χ4v) is 0.204. The van der Waals surface area contributed by atoms with Crippen molar-refractivity contribution in [2.75, 3.05) is 13.2 Å². The van der Waals surface area contributed by atoms with Gasteiger partial charge in [-0.2, -0.15) is 0 Å². The first kappa shape index (κ1) is 22.5. The second kappa shape index (κ2) is 36.2. The monoisotopic (exact) mass is 150 g/mol. The van der Waals surface area contributed by atoms with E-state index in [0.717, 1.165) is 13.2 Å². The molecule has 0 aliphatic heterocycles. The molecule has 0 rings (SSSR count). The van der Waals surface area contributed by atoms with E-state index in [1.807, 2.05) is 13.8 Å². The summed E-state index contributed by atoms with van der Waals surface area (Å²) in [5.41, 5.74) is 0. The lowest BCUT2D eigenvalue weighted by molar-refractivity contribution is 0.162. The highest BCUT2D eigenvalue weighted by atomic mass is 16.5. The molecule has 0 aliphatic carbocycles. The molecule has 0 aromatic rings. The Labute approximate surface area is 67.8 Å². The summed E-state index contributed by atoms with van der Waals surface area (Å²) in [7, 11) is 0. The SMILES string of the molecule is C.C.CCC.CCOCC. The van der Waals surface area contributed by atoms with E-state index in [2.05, 4.69) is 13.8 Å². The molecule has 1 heteroatoms. The van der Waals surface area contributed by atoms with Gasteiger partial charge in [-0.25, -0.2) is 0 Å². The molecule has 0 aromatic carbocycles. The molecule has 0 saturated carbocycles. The third kappa shape index (κ3) is 100. The normalized spacial score (nSPS) is 6.00. The molecule has 0 aromatic heterocycles. The predicted octanol–water partition coefficient (Wildman–Crippen LogP) is 3.73. The van der Waals surface area contributed by atoms with Crippen LogP contribution in [0.3, 0.4) is 0 Å². The minimum atomic E-state index is 0. The lowest BCUT2D eigenvalue weighted by atomic mass is 10.6. The highest BCUT2D eigenvalue weighted by Crippen LogP contribution is 1.64. The van der Waals surface area contributed by atoms with Crippen molar-refractivity contribution in [3.8, 4) is 0 Å². The summed E-state index contributed by atoms with van der Waals surface area (Å²) in [6.07, 6.45) is 1.25. The summed E-state index contributed by atoms with van der Waals surface area (Å²) >= 11 is 0. The fourth-order valence-electron chi connectivity index (χ4n) is 0.204. The Balaban J connectivity index is -0.0000000326. The topological polar surface area (TPSA) is 9.23 Å². The van der Waals surface area contributed by atoms with Gasteiger partial charge < -0.3 is 4.74 Å². The highest BCUT2D eigenvalue weighted by Gasteiger charge is 1.64. The summed E-state index contributed by atoms with van der Waals surface area (Å²) in [5, 5.41) is 0. The van der Waals surface area contributed by atoms with E-state index in [-0.39, 0.29) is 14.9 Å². The van der Waals surface area contributed by atoms with Gasteiger partial charge in [0.2, 0.25) is 0 Å². The van der Waals surface area contributed by atoms with E-state index < -0.39 is 0 Å². The summed E-state index contributed by atoms with van der Waals surface area (Å²) in [6.45, 7) is 9.92. The average molecular weight is 150 g/mol. The van der Waals surface area contributed by atoms with Crippen LogP contribution in [0.1, 0.15) is 49.0 Å². The predicted molar refractivity (Wildman–Crippen MR) is 51.6 cm³/mol. The number of hydrogen-bond donors (Lipinski definition) is 0. The van der Waals surface area contributed by atoms with Crippen LogP contribution in [0, 0.1) is 0 Å². The molecule has 68 valence electrons. The molecule has 0 N–H and O–H groups in total. The van der Waals surface area contributed by atoms with Crippen molar-refractivity contribution in [3.63, 3.8) is 0 Å². The molecule has 1 nitrogen and oxygen atoms in total. The number of ether oxygens (including phenoxy) is 1. The lowest BCUT2D eigenvalue weighted by Gasteiger charge is -1.86. The van der Waals surface area contributed by atoms with Gasteiger partial charge in [0.05, 0.1) is 0 Å². The molecule has 0 aliphatic rings. The summed E-state index contributed by atoms with van der Waals surface area (Å²) < 4.78 is 4.83. The Morgan fingerprint density at radius 3 is 1.00 bits per heavy atom. The Bertz CT molecular complexity index is 18.7. The van der Waals surface area contributed by atoms with E-state index >= 15 is 0 Å². The van der Waals surface area contributed by atoms with Crippen LogP contribution in [0.25, 0.3) is 0 Å². The third-order valence-electron chi connectivity index (χ3n) is 0.408. The van der Waals surface area contributed by atoms with Crippen LogP contribution in [-0.4, -0.2) is 13.2 Å². The van der Waals surface area contributed by atoms with Gasteiger partial charge in [0.25, 0.3) is 0 Å². The maximum Gasteiger partial charge on any atom is 0.0437 e. The van der Waals surface area contributed by atoms with Crippen LogP contribution in [0.5, 0.6) is 0 Å². The van der Waals surface area contributed by atoms with E-state index in [4.69, 9.17) is 4.74 Å². The first-order valence-corrected chi connectivity index (χ1v) is 3.41. The Kier molecular flexibility index (Phi) is 81.5. The highest BCUT2D eigenvalue weighted by molar-refractivity contribution is 4.07. The molecule has 0 bridgehead atoms. The Morgan fingerprint density at radius 1 is 0.800 bits per heavy atom. The second-order valence-electron chi connectivity index (χ2n) is 1.49. The minimum absolute atomic E-state index is 0. The van der Waals surface area contributed by atoms with Crippen LogP contribution in [-0.2, 0) is 4.74 Å². The fraction of sp³-hybridized carbons (Fsp3) is 1.00. The van der Waals surface area contributed by atoms with Gasteiger partial charge in [0, 0.05) is 13.2 Å². The minimum Gasteiger partial charge on any atom is -0.382 e. The maximum absolute atomic E-state index is 4.83. The zero-order valence-electron chi connectivity index (χ0n) is 6.53. The van der Waals surface area contributed by atoms with Crippen LogP contribution in [0.4, 0.5) is 0 Å². The third-order valence-corrected chi connectivity index (χ3v) is 0.408. The van der Waals surface area contributed by atoms with Crippen LogP contribution in [0.2, 0.25) is 0 Å². The molecule has 0 unspecified atom stereocenters. The van der Waals surface area contributed by atoms with Crippen molar-refractivity contribution in [3.05, 3.63) is 0 Å². The molecular formula is C9H26O. The molecule has 0 radical (unpaired) electrons. The summed E-state index contributed by atoms with van der Waals surface area (Å²) in [6, 6.07) is 0. The van der Waals surface area contributed by atoms with Crippen molar-refractivity contribution in [2.45, 2.75) is 49.0 Å². The zero-order valence-corrected chi connectivity index (χ0v) is 6.53. The number of rotatable bonds is 2. The molecule has 0 atom stereocenters. The molecule has 10 heavy (non-hydrogen) atoms. The second-order valence-corrected chi connectivity index (χ2v) is 1.49. The van der Waals surface area contributed by atoms with Crippen molar-refractivity contribution in [2.24, 2.45) is 0 Å². The standard InChI is InChI=1S/C4H10O.C3H8.2CH4/c1-3-5-4-2;1-3-2;;/h3-4H2,1-2H3;3H2,1-2H3;2*1H4. The maximum atomic E-state index is 4.83. The lowest BCUT2D eigenvalue weighted by Crippen LogP contribution is -1.84. The first-order valence-electron chi connectivity index (χ1n) is 3.41. The average Bonchev–Trinajstić information content (AvgIpc) is 1.71. The Morgan fingerprint density at radius 2 is 1.00 bits per heavy atom. The van der Waals surface area contributed by atoms with Gasteiger partial charge >= 0.3 is 0 Å². The number of hydrogen-bond acceptors (Lipinski definition) is 1. The molecule has 0 heterocycles. The van der Waals surface area contributed by atoms with Gasteiger partial charge in [-0.1, -0.05) is 35.1 Å². The van der Waals surface area contributed by atoms with Gasteiger partial charge in [-0.15, -0.1) is 0 Å². The molecule has 0 fully saturated rings. The first-order chi connectivity index (χ1) is 3.83. The largest absolute Gasteiger partial charge is 0.382 e. The van der Waals surface area contributed by atoms with Crippen LogP contribution >= 0.6 is 0 Å². The summed E-state index contributed by atoms with van der Waals surface area (Å²) in [5.74, 6) is 0. The van der Waals surface area contributed by atoms with E-state index in [9.17, 15) is 0 Å². The molecular weight excluding hydrogens is 124 g/mol. The van der Waals surface area contributed by atoms with E-state index in [1.165, 1.54) is 6.42 Å². The quantitative estimate of drug-likeness (QED) is 0.583. The van der Waals surface area contributed by atoms with Crippen LogP contribution in [0.15, 0.2) is 0 Å². The van der Waals surface area contributed by atoms with Crippen molar-refractivity contribution >= 4 is 0 Å². The summed E-state index contributed by atoms with van der Waals surface area (Å²) in [4.78, 5) is 0. The van der Waals surface area contributed by atoms with Gasteiger partial charge in [-0.3, -0.25) is 0 Å². The smallest absolute Gasteiger partial charge is 0.0437 e. The van der Waals surface area contributed by atoms with Crippen LogP contribution < -0.4 is 0 Å². The van der Waals surface area contributed by atoms with Crippen molar-refractivity contribution in [1.82, 2.24) is 0 Å². The van der Waals surface area contributed by atoms with Gasteiger partial charge in [0.1, 0.15) is 0 Å². The molecule has 0 saturated heterocycles. The molecule has 0 amide bonds. The van der Waals surface area contributed by atoms with Gasteiger partial charge in [0.15, 0.2) is 0 Å². The van der Waals surface area contributed by atoms with Crippen molar-refractivity contribution < 1.29 is 4.74 Å². The van der Waals surface area contributed by atoms with E-state index in [1.54, 1.807) is 0 Å².